The third kappa shape index (κ3) is 1.94. The van der Waals surface area contributed by atoms with Gasteiger partial charge in [0.05, 0.1) is 17.9 Å². The highest BCUT2D eigenvalue weighted by atomic mass is 15.4. The van der Waals surface area contributed by atoms with Crippen molar-refractivity contribution in [2.75, 3.05) is 39.8 Å². The van der Waals surface area contributed by atoms with Gasteiger partial charge in [-0.2, -0.15) is 0 Å². The zero-order valence-corrected chi connectivity index (χ0v) is 11.2. The van der Waals surface area contributed by atoms with E-state index in [1.807, 2.05) is 17.9 Å². The second-order valence-corrected chi connectivity index (χ2v) is 5.14. The number of nitrogens with zero attached hydrogens (tertiary/aromatic N) is 5. The maximum Gasteiger partial charge on any atom is 0.0772 e. The first-order chi connectivity index (χ1) is 8.83. The van der Waals surface area contributed by atoms with Gasteiger partial charge in [0, 0.05) is 45.3 Å². The summed E-state index contributed by atoms with van der Waals surface area (Å²) in [6.45, 7) is 8.97. The van der Waals surface area contributed by atoms with Crippen LogP contribution in [0.4, 0.5) is 0 Å². The van der Waals surface area contributed by atoms with Crippen LogP contribution in [0.5, 0.6) is 0 Å². The normalized spacial score (nSPS) is 32.7. The van der Waals surface area contributed by atoms with E-state index in [2.05, 4.69) is 32.4 Å². The first-order valence-corrected chi connectivity index (χ1v) is 6.85. The highest BCUT2D eigenvalue weighted by molar-refractivity contribution is 5.09. The standard InChI is InChI=1S/C12H22N6/c1-3-18-10(8-14-15-18)12(13-2)11-9-16-4-6-17(11)7-5-16/h8,11-13H,3-7,9H2,1-2H3. The third-order valence-corrected chi connectivity index (χ3v) is 4.28. The van der Waals surface area contributed by atoms with Crippen LogP contribution >= 0.6 is 0 Å². The molecule has 3 saturated heterocycles. The van der Waals surface area contributed by atoms with Crippen molar-refractivity contribution in [2.45, 2.75) is 25.6 Å². The lowest BCUT2D eigenvalue weighted by atomic mass is 9.98. The third-order valence-electron chi connectivity index (χ3n) is 4.28. The molecule has 18 heavy (non-hydrogen) atoms. The topological polar surface area (TPSA) is 49.2 Å². The molecule has 6 heteroatoms. The van der Waals surface area contributed by atoms with Crippen LogP contribution in [0.2, 0.25) is 0 Å². The number of piperazine rings is 3. The summed E-state index contributed by atoms with van der Waals surface area (Å²) in [4.78, 5) is 5.17. The summed E-state index contributed by atoms with van der Waals surface area (Å²) in [7, 11) is 2.04. The Hall–Kier alpha value is -0.980. The Bertz CT molecular complexity index is 395. The molecule has 1 aromatic rings. The molecule has 4 heterocycles. The molecule has 1 N–H and O–H groups in total. The van der Waals surface area contributed by atoms with Gasteiger partial charge in [-0.1, -0.05) is 5.21 Å². The van der Waals surface area contributed by atoms with Gasteiger partial charge in [-0.3, -0.25) is 9.80 Å². The number of fused-ring (bicyclic) bond motifs is 3. The van der Waals surface area contributed by atoms with Crippen molar-refractivity contribution in [1.29, 1.82) is 0 Å². The summed E-state index contributed by atoms with van der Waals surface area (Å²) in [6, 6.07) is 0.865. The molecular formula is C12H22N6. The molecule has 0 aliphatic carbocycles. The molecule has 3 aliphatic rings. The number of rotatable bonds is 4. The van der Waals surface area contributed by atoms with Gasteiger partial charge in [0.25, 0.3) is 0 Å². The second kappa shape index (κ2) is 4.95. The zero-order chi connectivity index (χ0) is 12.5. The largest absolute Gasteiger partial charge is 0.310 e. The van der Waals surface area contributed by atoms with Crippen LogP contribution in [0.3, 0.4) is 0 Å². The Balaban J connectivity index is 1.84. The molecule has 0 spiro atoms. The van der Waals surface area contributed by atoms with Gasteiger partial charge in [0.15, 0.2) is 0 Å². The molecule has 2 unspecified atom stereocenters. The summed E-state index contributed by atoms with van der Waals surface area (Å²) < 4.78 is 2.00. The Labute approximate surface area is 108 Å². The summed E-state index contributed by atoms with van der Waals surface area (Å²) >= 11 is 0. The summed E-state index contributed by atoms with van der Waals surface area (Å²) in [5.74, 6) is 0. The van der Waals surface area contributed by atoms with Crippen molar-refractivity contribution in [1.82, 2.24) is 30.1 Å². The smallest absolute Gasteiger partial charge is 0.0772 e. The first-order valence-electron chi connectivity index (χ1n) is 6.85. The molecule has 3 fully saturated rings. The molecule has 6 nitrogen and oxygen atoms in total. The first kappa shape index (κ1) is 12.1. The van der Waals surface area contributed by atoms with Gasteiger partial charge < -0.3 is 5.32 Å². The average Bonchev–Trinajstić information content (AvgIpc) is 2.89. The number of aryl methyl sites for hydroxylation is 1. The van der Waals surface area contributed by atoms with Crippen molar-refractivity contribution < 1.29 is 0 Å². The molecule has 4 rings (SSSR count). The van der Waals surface area contributed by atoms with Crippen LogP contribution in [-0.2, 0) is 6.54 Å². The number of aromatic nitrogens is 3. The maximum atomic E-state index is 4.15. The molecular weight excluding hydrogens is 228 g/mol. The van der Waals surface area contributed by atoms with E-state index < -0.39 is 0 Å². The monoisotopic (exact) mass is 250 g/mol. The predicted molar refractivity (Wildman–Crippen MR) is 69.3 cm³/mol. The molecule has 2 bridgehead atoms. The Morgan fingerprint density at radius 2 is 2.17 bits per heavy atom. The molecule has 0 radical (unpaired) electrons. The van der Waals surface area contributed by atoms with Gasteiger partial charge in [-0.05, 0) is 14.0 Å². The Morgan fingerprint density at radius 1 is 1.39 bits per heavy atom. The van der Waals surface area contributed by atoms with Crippen LogP contribution in [0, 0.1) is 0 Å². The summed E-state index contributed by atoms with van der Waals surface area (Å²) in [5.41, 5.74) is 1.21. The lowest BCUT2D eigenvalue weighted by molar-refractivity contribution is -0.00380. The molecule has 0 aromatic carbocycles. The summed E-state index contributed by atoms with van der Waals surface area (Å²) in [5, 5.41) is 11.7. The van der Waals surface area contributed by atoms with Crippen LogP contribution in [0.1, 0.15) is 18.7 Å². The maximum absolute atomic E-state index is 4.15. The minimum absolute atomic E-state index is 0.322. The second-order valence-electron chi connectivity index (χ2n) is 5.14. The van der Waals surface area contributed by atoms with Crippen molar-refractivity contribution >= 4 is 0 Å². The van der Waals surface area contributed by atoms with Gasteiger partial charge in [0.2, 0.25) is 0 Å². The van der Waals surface area contributed by atoms with Crippen molar-refractivity contribution in [3.8, 4) is 0 Å². The van der Waals surface area contributed by atoms with Gasteiger partial charge >= 0.3 is 0 Å². The van der Waals surface area contributed by atoms with E-state index >= 15 is 0 Å². The molecule has 2 atom stereocenters. The highest BCUT2D eigenvalue weighted by Crippen LogP contribution is 2.26. The van der Waals surface area contributed by atoms with E-state index in [-0.39, 0.29) is 0 Å². The van der Waals surface area contributed by atoms with Crippen LogP contribution in [0.25, 0.3) is 0 Å². The molecule has 0 amide bonds. The minimum atomic E-state index is 0.322. The van der Waals surface area contributed by atoms with Gasteiger partial charge in [-0.15, -0.1) is 5.10 Å². The highest BCUT2D eigenvalue weighted by Gasteiger charge is 2.37. The molecule has 0 saturated carbocycles. The van der Waals surface area contributed by atoms with E-state index in [9.17, 15) is 0 Å². The quantitative estimate of drug-likeness (QED) is 0.785. The fourth-order valence-electron chi connectivity index (χ4n) is 3.26. The van der Waals surface area contributed by atoms with E-state index in [1.54, 1.807) is 0 Å². The number of hydrogen-bond donors (Lipinski definition) is 1. The number of likely N-dealkylation sites (N-methyl/N-ethyl adjacent to an activating group) is 1. The van der Waals surface area contributed by atoms with Crippen molar-refractivity contribution in [3.63, 3.8) is 0 Å². The zero-order valence-electron chi connectivity index (χ0n) is 11.2. The SMILES string of the molecule is CCn1nncc1C(NC)C1CN2CCN1CC2. The number of hydrogen-bond acceptors (Lipinski definition) is 5. The fraction of sp³-hybridized carbons (Fsp3) is 0.833. The molecule has 3 aliphatic heterocycles. The molecule has 1 aromatic heterocycles. The van der Waals surface area contributed by atoms with Crippen molar-refractivity contribution in [3.05, 3.63) is 11.9 Å². The van der Waals surface area contributed by atoms with Crippen LogP contribution in [0.15, 0.2) is 6.20 Å². The van der Waals surface area contributed by atoms with E-state index in [4.69, 9.17) is 0 Å². The fourth-order valence-corrected chi connectivity index (χ4v) is 3.26. The van der Waals surface area contributed by atoms with E-state index in [0.717, 1.165) is 13.1 Å². The van der Waals surface area contributed by atoms with Gasteiger partial charge in [-0.25, -0.2) is 4.68 Å². The van der Waals surface area contributed by atoms with Crippen LogP contribution in [-0.4, -0.2) is 70.6 Å². The molecule has 100 valence electrons. The number of nitrogens with one attached hydrogen (secondary N) is 1. The average molecular weight is 250 g/mol. The lowest BCUT2D eigenvalue weighted by Gasteiger charge is -2.50. The minimum Gasteiger partial charge on any atom is -0.310 e. The van der Waals surface area contributed by atoms with Crippen LogP contribution < -0.4 is 5.32 Å². The van der Waals surface area contributed by atoms with Gasteiger partial charge in [0.1, 0.15) is 0 Å². The van der Waals surface area contributed by atoms with E-state index in [0.29, 0.717) is 12.1 Å². The Kier molecular flexibility index (Phi) is 3.32. The predicted octanol–water partition coefficient (Wildman–Crippen LogP) is -0.442. The van der Waals surface area contributed by atoms with E-state index in [1.165, 1.54) is 31.9 Å². The lowest BCUT2D eigenvalue weighted by Crippen LogP contribution is -2.63. The summed E-state index contributed by atoms with van der Waals surface area (Å²) in [6.07, 6.45) is 1.91. The van der Waals surface area contributed by atoms with Crippen molar-refractivity contribution in [2.24, 2.45) is 0 Å². The Morgan fingerprint density at radius 3 is 2.72 bits per heavy atom.